The van der Waals surface area contributed by atoms with Crippen molar-refractivity contribution in [1.29, 1.82) is 0 Å². The van der Waals surface area contributed by atoms with Crippen LogP contribution in [-0.4, -0.2) is 64.8 Å². The molecule has 10 heteroatoms. The first-order valence-corrected chi connectivity index (χ1v) is 13.6. The van der Waals surface area contributed by atoms with E-state index in [2.05, 4.69) is 5.32 Å². The first-order valence-electron chi connectivity index (χ1n) is 12.2. The molecule has 3 amide bonds. The van der Waals surface area contributed by atoms with Crippen LogP contribution in [0.4, 0.5) is 4.79 Å². The second-order valence-electron chi connectivity index (χ2n) is 8.68. The lowest BCUT2D eigenvalue weighted by Crippen LogP contribution is -2.45. The van der Waals surface area contributed by atoms with Gasteiger partial charge in [0.15, 0.2) is 5.54 Å². The first-order chi connectivity index (χ1) is 18.3. The summed E-state index contributed by atoms with van der Waals surface area (Å²) in [6.07, 6.45) is 0. The Kier molecular flexibility index (Phi) is 8.90. The van der Waals surface area contributed by atoms with Gasteiger partial charge in [-0.05, 0) is 30.2 Å². The highest BCUT2D eigenvalue weighted by atomic mass is 32.2. The van der Waals surface area contributed by atoms with E-state index in [1.807, 2.05) is 67.6 Å². The Morgan fingerprint density at radius 1 is 0.737 bits per heavy atom. The van der Waals surface area contributed by atoms with Crippen molar-refractivity contribution in [2.75, 3.05) is 39.6 Å². The van der Waals surface area contributed by atoms with Gasteiger partial charge >= 0.3 is 6.03 Å². The van der Waals surface area contributed by atoms with Crippen molar-refractivity contribution in [3.63, 3.8) is 0 Å². The number of ether oxygens (including phenoxy) is 2. The minimum absolute atomic E-state index is 0.0676. The average Bonchev–Trinajstić information content (AvgIpc) is 3.19. The van der Waals surface area contributed by atoms with Crippen LogP contribution in [0.25, 0.3) is 0 Å². The highest BCUT2D eigenvalue weighted by Gasteiger charge is 2.53. The van der Waals surface area contributed by atoms with E-state index in [4.69, 9.17) is 13.7 Å². The van der Waals surface area contributed by atoms with Crippen molar-refractivity contribution >= 4 is 22.1 Å². The maximum atomic E-state index is 13.6. The van der Waals surface area contributed by atoms with Gasteiger partial charge in [0, 0.05) is 0 Å². The van der Waals surface area contributed by atoms with E-state index in [0.29, 0.717) is 11.1 Å². The van der Waals surface area contributed by atoms with Crippen LogP contribution >= 0.6 is 0 Å². The van der Waals surface area contributed by atoms with Crippen LogP contribution in [0.3, 0.4) is 0 Å². The van der Waals surface area contributed by atoms with E-state index in [9.17, 15) is 18.0 Å². The number of amides is 3. The largest absolute Gasteiger partial charge is 0.377 e. The molecule has 1 fully saturated rings. The molecule has 1 aliphatic rings. The Bertz CT molecular complexity index is 1290. The van der Waals surface area contributed by atoms with Crippen molar-refractivity contribution in [2.45, 2.75) is 17.4 Å². The smallest absolute Gasteiger partial charge is 0.325 e. The molecule has 0 aromatic heterocycles. The van der Waals surface area contributed by atoms with E-state index in [0.717, 1.165) is 10.5 Å². The lowest BCUT2D eigenvalue weighted by Gasteiger charge is -2.28. The van der Waals surface area contributed by atoms with E-state index >= 15 is 0 Å². The molecule has 0 atom stereocenters. The molecular formula is C28H30N2O7S. The molecule has 1 saturated heterocycles. The molecule has 0 radical (unpaired) electrons. The van der Waals surface area contributed by atoms with Gasteiger partial charge in [0.2, 0.25) is 0 Å². The fourth-order valence-corrected chi connectivity index (χ4v) is 5.06. The predicted octanol–water partition coefficient (Wildman–Crippen LogP) is 3.23. The van der Waals surface area contributed by atoms with Gasteiger partial charge in [0.1, 0.15) is 0 Å². The average molecular weight is 539 g/mol. The fourth-order valence-electron chi connectivity index (χ4n) is 4.17. The maximum Gasteiger partial charge on any atom is 0.325 e. The number of nitrogens with zero attached hydrogens (tertiary/aromatic N) is 1. The summed E-state index contributed by atoms with van der Waals surface area (Å²) in [6, 6.07) is 24.2. The van der Waals surface area contributed by atoms with E-state index < -0.39 is 21.7 Å². The molecule has 1 heterocycles. The van der Waals surface area contributed by atoms with Gasteiger partial charge in [-0.15, -0.1) is 0 Å². The zero-order valence-corrected chi connectivity index (χ0v) is 21.9. The number of imide groups is 1. The summed E-state index contributed by atoms with van der Waals surface area (Å²) in [5, 5.41) is 2.90. The highest BCUT2D eigenvalue weighted by molar-refractivity contribution is 7.86. The number of nitrogens with one attached hydrogen (secondary N) is 1. The Hall–Kier alpha value is -3.57. The number of carbonyl (C=O) groups is 2. The summed E-state index contributed by atoms with van der Waals surface area (Å²) >= 11 is 0. The zero-order valence-electron chi connectivity index (χ0n) is 21.0. The normalized spacial score (nSPS) is 15.0. The topological polar surface area (TPSA) is 111 Å². The van der Waals surface area contributed by atoms with Gasteiger partial charge in [0.05, 0.1) is 44.5 Å². The maximum absolute atomic E-state index is 13.6. The molecular weight excluding hydrogens is 508 g/mol. The fraction of sp³-hybridized carbons (Fsp3) is 0.286. The molecule has 4 rings (SSSR count). The van der Waals surface area contributed by atoms with Gasteiger partial charge in [-0.2, -0.15) is 8.42 Å². The third-order valence-electron chi connectivity index (χ3n) is 6.13. The molecule has 3 aromatic carbocycles. The van der Waals surface area contributed by atoms with Crippen LogP contribution in [0.1, 0.15) is 16.7 Å². The third-order valence-corrected chi connectivity index (χ3v) is 7.45. The summed E-state index contributed by atoms with van der Waals surface area (Å²) in [6.45, 7) is 2.42. The van der Waals surface area contributed by atoms with Gasteiger partial charge in [-0.3, -0.25) is 13.9 Å². The number of benzene rings is 3. The second kappa shape index (κ2) is 12.3. The predicted molar refractivity (Wildman–Crippen MR) is 140 cm³/mol. The molecule has 0 bridgehead atoms. The van der Waals surface area contributed by atoms with Crippen LogP contribution in [0.5, 0.6) is 0 Å². The number of hydrogen-bond acceptors (Lipinski definition) is 7. The van der Waals surface area contributed by atoms with Crippen LogP contribution in [-0.2, 0) is 34.1 Å². The molecule has 0 saturated carbocycles. The molecule has 9 nitrogen and oxygen atoms in total. The minimum Gasteiger partial charge on any atom is -0.377 e. The summed E-state index contributed by atoms with van der Waals surface area (Å²) in [5.41, 5.74) is 0.997. The molecule has 3 aromatic rings. The van der Waals surface area contributed by atoms with Crippen molar-refractivity contribution in [3.8, 4) is 0 Å². The van der Waals surface area contributed by atoms with E-state index in [-0.39, 0.29) is 50.4 Å². The summed E-state index contributed by atoms with van der Waals surface area (Å²) in [7, 11) is -3.83. The zero-order chi connectivity index (χ0) is 27.0. The molecule has 0 spiro atoms. The van der Waals surface area contributed by atoms with Crippen molar-refractivity contribution < 1.29 is 31.7 Å². The van der Waals surface area contributed by atoms with E-state index in [1.54, 1.807) is 12.1 Å². The number of aryl methyl sites for hydroxylation is 1. The molecule has 0 aliphatic carbocycles. The standard InChI is InChI=1S/C28H30N2O7S/c1-22-12-14-25(15-13-22)38(33,34)37-21-20-36-19-18-35-17-16-30-26(31)28(29-27(30)32,23-8-4-2-5-9-23)24-10-6-3-7-11-24/h2-15H,16-21H2,1H3,(H,29,32). The van der Waals surface area contributed by atoms with Gasteiger partial charge in [-0.1, -0.05) is 78.4 Å². The third kappa shape index (κ3) is 6.11. The number of carbonyl (C=O) groups excluding carboxylic acids is 2. The molecule has 38 heavy (non-hydrogen) atoms. The van der Waals surface area contributed by atoms with Crippen LogP contribution < -0.4 is 5.32 Å². The Labute approximate surface area is 222 Å². The SMILES string of the molecule is Cc1ccc(S(=O)(=O)OCCOCCOCCN2C(=O)NC(c3ccccc3)(c3ccccc3)C2=O)cc1. The monoisotopic (exact) mass is 538 g/mol. The number of hydrogen-bond donors (Lipinski definition) is 1. The number of urea groups is 1. The first kappa shape index (κ1) is 27.5. The summed E-state index contributed by atoms with van der Waals surface area (Å²) in [5.74, 6) is -0.369. The molecule has 1 aliphatic heterocycles. The lowest BCUT2D eigenvalue weighted by atomic mass is 9.82. The molecule has 200 valence electrons. The van der Waals surface area contributed by atoms with Crippen LogP contribution in [0.15, 0.2) is 89.8 Å². The van der Waals surface area contributed by atoms with Crippen LogP contribution in [0.2, 0.25) is 0 Å². The highest BCUT2D eigenvalue weighted by Crippen LogP contribution is 2.35. The van der Waals surface area contributed by atoms with Gasteiger partial charge < -0.3 is 14.8 Å². The minimum atomic E-state index is -3.83. The Balaban J connectivity index is 1.22. The Morgan fingerprint density at radius 3 is 1.84 bits per heavy atom. The van der Waals surface area contributed by atoms with Crippen molar-refractivity contribution in [2.24, 2.45) is 0 Å². The van der Waals surface area contributed by atoms with Gasteiger partial charge in [-0.25, -0.2) is 4.79 Å². The van der Waals surface area contributed by atoms with E-state index in [1.165, 1.54) is 12.1 Å². The number of rotatable bonds is 13. The summed E-state index contributed by atoms with van der Waals surface area (Å²) < 4.78 is 40.2. The molecule has 0 unspecified atom stereocenters. The van der Waals surface area contributed by atoms with Crippen molar-refractivity contribution in [3.05, 3.63) is 102 Å². The van der Waals surface area contributed by atoms with Gasteiger partial charge in [0.25, 0.3) is 16.0 Å². The summed E-state index contributed by atoms with van der Waals surface area (Å²) in [4.78, 5) is 27.7. The Morgan fingerprint density at radius 2 is 1.26 bits per heavy atom. The molecule has 1 N–H and O–H groups in total. The quantitative estimate of drug-likeness (QED) is 0.202. The second-order valence-corrected chi connectivity index (χ2v) is 10.3. The van der Waals surface area contributed by atoms with Crippen LogP contribution in [0, 0.1) is 6.92 Å². The van der Waals surface area contributed by atoms with Crippen molar-refractivity contribution in [1.82, 2.24) is 10.2 Å². The lowest BCUT2D eigenvalue weighted by molar-refractivity contribution is -0.130.